The Bertz CT molecular complexity index is 347. The van der Waals surface area contributed by atoms with Crippen molar-refractivity contribution < 1.29 is 14.0 Å². The highest BCUT2D eigenvalue weighted by atomic mass is 16.5. The summed E-state index contributed by atoms with van der Waals surface area (Å²) in [7, 11) is 1.60. The number of nitrogens with zero attached hydrogens (tertiary/aromatic N) is 2. The second-order valence-electron chi connectivity index (χ2n) is 4.10. The SMILES string of the molecule is COC(C)c1noc(C2(N)CCOCC2)n1. The first-order valence-corrected chi connectivity index (χ1v) is 5.39. The number of rotatable bonds is 3. The fraction of sp³-hybridized carbons (Fsp3) is 0.800. The van der Waals surface area contributed by atoms with Crippen molar-refractivity contribution >= 4 is 0 Å². The predicted octanol–water partition coefficient (Wildman–Crippen LogP) is 0.741. The average molecular weight is 227 g/mol. The van der Waals surface area contributed by atoms with Crippen molar-refractivity contribution in [3.8, 4) is 0 Å². The zero-order valence-corrected chi connectivity index (χ0v) is 9.60. The molecule has 2 N–H and O–H groups in total. The van der Waals surface area contributed by atoms with Gasteiger partial charge in [0.1, 0.15) is 11.6 Å². The summed E-state index contributed by atoms with van der Waals surface area (Å²) >= 11 is 0. The van der Waals surface area contributed by atoms with Crippen molar-refractivity contribution in [1.29, 1.82) is 0 Å². The highest BCUT2D eigenvalue weighted by molar-refractivity contribution is 5.04. The van der Waals surface area contributed by atoms with E-state index in [1.165, 1.54) is 0 Å². The molecule has 1 unspecified atom stereocenters. The summed E-state index contributed by atoms with van der Waals surface area (Å²) in [6.07, 6.45) is 1.23. The summed E-state index contributed by atoms with van der Waals surface area (Å²) in [5.41, 5.74) is 5.67. The molecule has 1 aromatic rings. The molecule has 1 aliphatic rings. The summed E-state index contributed by atoms with van der Waals surface area (Å²) in [6.45, 7) is 3.13. The van der Waals surface area contributed by atoms with E-state index >= 15 is 0 Å². The van der Waals surface area contributed by atoms with E-state index < -0.39 is 5.54 Å². The summed E-state index contributed by atoms with van der Waals surface area (Å²) in [4.78, 5) is 4.29. The van der Waals surface area contributed by atoms with Crippen molar-refractivity contribution in [3.63, 3.8) is 0 Å². The van der Waals surface area contributed by atoms with Crippen LogP contribution < -0.4 is 5.73 Å². The van der Waals surface area contributed by atoms with Gasteiger partial charge in [-0.25, -0.2) is 0 Å². The summed E-state index contributed by atoms with van der Waals surface area (Å²) < 4.78 is 15.6. The summed E-state index contributed by atoms with van der Waals surface area (Å²) in [6, 6.07) is 0. The minimum absolute atomic E-state index is 0.180. The van der Waals surface area contributed by atoms with Gasteiger partial charge in [0.25, 0.3) is 0 Å². The highest BCUT2D eigenvalue weighted by Gasteiger charge is 2.36. The lowest BCUT2D eigenvalue weighted by atomic mass is 9.91. The molecule has 16 heavy (non-hydrogen) atoms. The van der Waals surface area contributed by atoms with Gasteiger partial charge in [-0.15, -0.1) is 0 Å². The van der Waals surface area contributed by atoms with E-state index in [0.717, 1.165) is 0 Å². The number of aromatic nitrogens is 2. The van der Waals surface area contributed by atoms with E-state index in [9.17, 15) is 0 Å². The topological polar surface area (TPSA) is 83.4 Å². The van der Waals surface area contributed by atoms with E-state index in [1.807, 2.05) is 6.92 Å². The van der Waals surface area contributed by atoms with Gasteiger partial charge in [-0.3, -0.25) is 0 Å². The average Bonchev–Trinajstić information content (AvgIpc) is 2.79. The van der Waals surface area contributed by atoms with E-state index in [2.05, 4.69) is 10.1 Å². The van der Waals surface area contributed by atoms with Gasteiger partial charge in [0.2, 0.25) is 5.89 Å². The van der Waals surface area contributed by atoms with Gasteiger partial charge in [0, 0.05) is 20.3 Å². The van der Waals surface area contributed by atoms with Crippen molar-refractivity contribution in [2.45, 2.75) is 31.4 Å². The number of nitrogens with two attached hydrogens (primary N) is 1. The molecule has 1 fully saturated rings. The highest BCUT2D eigenvalue weighted by Crippen LogP contribution is 2.28. The van der Waals surface area contributed by atoms with Gasteiger partial charge in [0.15, 0.2) is 5.82 Å². The smallest absolute Gasteiger partial charge is 0.247 e. The summed E-state index contributed by atoms with van der Waals surface area (Å²) in [5, 5.41) is 3.88. The fourth-order valence-corrected chi connectivity index (χ4v) is 1.66. The Morgan fingerprint density at radius 3 is 2.75 bits per heavy atom. The van der Waals surface area contributed by atoms with Crippen LogP contribution in [0.3, 0.4) is 0 Å². The molecule has 1 saturated heterocycles. The van der Waals surface area contributed by atoms with Crippen LogP contribution >= 0.6 is 0 Å². The van der Waals surface area contributed by atoms with Crippen LogP contribution in [-0.2, 0) is 15.0 Å². The van der Waals surface area contributed by atoms with Crippen LogP contribution in [0, 0.1) is 0 Å². The Labute approximate surface area is 94.1 Å². The van der Waals surface area contributed by atoms with Gasteiger partial charge < -0.3 is 19.7 Å². The van der Waals surface area contributed by atoms with E-state index in [4.69, 9.17) is 19.7 Å². The lowest BCUT2D eigenvalue weighted by molar-refractivity contribution is 0.0400. The molecule has 0 aromatic carbocycles. The Morgan fingerprint density at radius 1 is 1.44 bits per heavy atom. The molecule has 0 spiro atoms. The lowest BCUT2D eigenvalue weighted by Gasteiger charge is -2.29. The second-order valence-corrected chi connectivity index (χ2v) is 4.10. The van der Waals surface area contributed by atoms with Crippen molar-refractivity contribution in [3.05, 3.63) is 11.7 Å². The number of hydrogen-bond donors (Lipinski definition) is 1. The Hall–Kier alpha value is -0.980. The largest absolute Gasteiger partial charge is 0.381 e. The monoisotopic (exact) mass is 227 g/mol. The van der Waals surface area contributed by atoms with Crippen molar-refractivity contribution in [2.24, 2.45) is 5.73 Å². The number of methoxy groups -OCH3 is 1. The predicted molar refractivity (Wildman–Crippen MR) is 55.6 cm³/mol. The van der Waals surface area contributed by atoms with Crippen LogP contribution in [0.1, 0.15) is 37.6 Å². The van der Waals surface area contributed by atoms with E-state index in [-0.39, 0.29) is 6.10 Å². The fourth-order valence-electron chi connectivity index (χ4n) is 1.66. The van der Waals surface area contributed by atoms with Crippen LogP contribution in [0.25, 0.3) is 0 Å². The maximum Gasteiger partial charge on any atom is 0.247 e. The molecule has 6 heteroatoms. The maximum atomic E-state index is 6.22. The third kappa shape index (κ3) is 2.09. The maximum absolute atomic E-state index is 6.22. The van der Waals surface area contributed by atoms with Crippen molar-refractivity contribution in [2.75, 3.05) is 20.3 Å². The molecule has 1 aliphatic heterocycles. The molecule has 90 valence electrons. The molecule has 1 atom stereocenters. The Kier molecular flexibility index (Phi) is 3.22. The molecule has 0 amide bonds. The third-order valence-electron chi connectivity index (χ3n) is 2.97. The second kappa shape index (κ2) is 4.48. The van der Waals surface area contributed by atoms with Crippen LogP contribution in [0.5, 0.6) is 0 Å². The molecule has 0 aliphatic carbocycles. The van der Waals surface area contributed by atoms with E-state index in [0.29, 0.717) is 37.8 Å². The number of hydrogen-bond acceptors (Lipinski definition) is 6. The standard InChI is InChI=1S/C10H17N3O3/c1-7(14-2)8-12-9(16-13-8)10(11)3-5-15-6-4-10/h7H,3-6,11H2,1-2H3. The van der Waals surface area contributed by atoms with Gasteiger partial charge in [-0.1, -0.05) is 5.16 Å². The molecule has 0 bridgehead atoms. The normalized spacial score (nSPS) is 21.9. The zero-order chi connectivity index (χ0) is 11.6. The Balaban J connectivity index is 2.17. The van der Waals surface area contributed by atoms with Gasteiger partial charge in [-0.2, -0.15) is 4.98 Å². The molecule has 0 saturated carbocycles. The first-order chi connectivity index (χ1) is 7.65. The van der Waals surface area contributed by atoms with Crippen LogP contribution in [0.2, 0.25) is 0 Å². The van der Waals surface area contributed by atoms with Crippen LogP contribution in [0.4, 0.5) is 0 Å². The van der Waals surface area contributed by atoms with Crippen LogP contribution in [0.15, 0.2) is 4.52 Å². The van der Waals surface area contributed by atoms with Gasteiger partial charge in [0.05, 0.1) is 0 Å². The minimum atomic E-state index is -0.545. The molecule has 2 rings (SSSR count). The summed E-state index contributed by atoms with van der Waals surface area (Å²) in [5.74, 6) is 1.02. The molecular formula is C10H17N3O3. The quantitative estimate of drug-likeness (QED) is 0.820. The molecule has 6 nitrogen and oxygen atoms in total. The van der Waals surface area contributed by atoms with Gasteiger partial charge in [-0.05, 0) is 19.8 Å². The number of ether oxygens (including phenoxy) is 2. The molecule has 0 radical (unpaired) electrons. The third-order valence-corrected chi connectivity index (χ3v) is 2.97. The first kappa shape index (κ1) is 11.5. The first-order valence-electron chi connectivity index (χ1n) is 5.39. The molecular weight excluding hydrogens is 210 g/mol. The molecule has 1 aromatic heterocycles. The van der Waals surface area contributed by atoms with Crippen LogP contribution in [-0.4, -0.2) is 30.5 Å². The molecule has 2 heterocycles. The van der Waals surface area contributed by atoms with Gasteiger partial charge >= 0.3 is 0 Å². The van der Waals surface area contributed by atoms with Crippen molar-refractivity contribution in [1.82, 2.24) is 10.1 Å². The lowest BCUT2D eigenvalue weighted by Crippen LogP contribution is -2.42. The van der Waals surface area contributed by atoms with E-state index in [1.54, 1.807) is 7.11 Å². The minimum Gasteiger partial charge on any atom is -0.381 e. The zero-order valence-electron chi connectivity index (χ0n) is 9.60. The Morgan fingerprint density at radius 2 is 2.12 bits per heavy atom.